The molecular weight excluding hydrogens is 356 g/mol. The number of carbonyl (C=O) groups is 3. The van der Waals surface area contributed by atoms with Gasteiger partial charge in [-0.15, -0.1) is 0 Å². The first kappa shape index (κ1) is 18.8. The minimum absolute atomic E-state index is 0.204. The van der Waals surface area contributed by atoms with Crippen LogP contribution in [0.2, 0.25) is 0 Å². The third-order valence-electron chi connectivity index (χ3n) is 6.42. The number of amides is 5. The summed E-state index contributed by atoms with van der Waals surface area (Å²) in [5.74, 6) is 0.418. The minimum atomic E-state index is -0.954. The van der Waals surface area contributed by atoms with E-state index < -0.39 is 11.6 Å². The Labute approximate surface area is 165 Å². The molecule has 3 aliphatic rings. The molecular formula is C21H28N4O3. The summed E-state index contributed by atoms with van der Waals surface area (Å²) < 4.78 is 0. The highest BCUT2D eigenvalue weighted by Gasteiger charge is 2.54. The third-order valence-corrected chi connectivity index (χ3v) is 6.42. The first-order chi connectivity index (χ1) is 13.5. The second-order valence-corrected chi connectivity index (χ2v) is 8.28. The van der Waals surface area contributed by atoms with Crippen molar-refractivity contribution >= 4 is 18.0 Å². The second kappa shape index (κ2) is 7.45. The molecule has 1 unspecified atom stereocenters. The van der Waals surface area contributed by atoms with Gasteiger partial charge < -0.3 is 15.5 Å². The summed E-state index contributed by atoms with van der Waals surface area (Å²) in [7, 11) is 1.46. The van der Waals surface area contributed by atoms with Crippen LogP contribution in [0.15, 0.2) is 24.3 Å². The molecule has 150 valence electrons. The van der Waals surface area contributed by atoms with Crippen LogP contribution in [0.5, 0.6) is 0 Å². The van der Waals surface area contributed by atoms with Gasteiger partial charge in [0.05, 0.1) is 6.54 Å². The number of hydrogen-bond donors (Lipinski definition) is 2. The van der Waals surface area contributed by atoms with Crippen molar-refractivity contribution in [2.24, 2.45) is 0 Å². The van der Waals surface area contributed by atoms with Crippen LogP contribution in [0.3, 0.4) is 0 Å². The van der Waals surface area contributed by atoms with E-state index in [9.17, 15) is 14.4 Å². The molecule has 0 radical (unpaired) electrons. The Morgan fingerprint density at radius 1 is 1.18 bits per heavy atom. The highest BCUT2D eigenvalue weighted by Crippen LogP contribution is 2.32. The molecule has 1 aromatic carbocycles. The van der Waals surface area contributed by atoms with E-state index in [0.29, 0.717) is 25.4 Å². The Bertz CT molecular complexity index is 772. The van der Waals surface area contributed by atoms with E-state index in [2.05, 4.69) is 34.9 Å². The van der Waals surface area contributed by atoms with E-state index in [4.69, 9.17) is 0 Å². The number of likely N-dealkylation sites (tertiary alicyclic amines) is 1. The predicted molar refractivity (Wildman–Crippen MR) is 105 cm³/mol. The molecule has 0 aromatic heterocycles. The van der Waals surface area contributed by atoms with Gasteiger partial charge in [-0.1, -0.05) is 43.5 Å². The fraction of sp³-hybridized carbons (Fsp3) is 0.571. The summed E-state index contributed by atoms with van der Waals surface area (Å²) in [6, 6.07) is 7.95. The van der Waals surface area contributed by atoms with Crippen molar-refractivity contribution in [3.05, 3.63) is 35.4 Å². The van der Waals surface area contributed by atoms with Crippen molar-refractivity contribution < 1.29 is 14.4 Å². The van der Waals surface area contributed by atoms with Crippen molar-refractivity contribution in [1.82, 2.24) is 20.4 Å². The van der Waals surface area contributed by atoms with E-state index >= 15 is 0 Å². The summed E-state index contributed by atoms with van der Waals surface area (Å²) >= 11 is 0. The molecule has 5 amide bonds. The van der Waals surface area contributed by atoms with Crippen LogP contribution in [0, 0.1) is 0 Å². The molecule has 0 bridgehead atoms. The standard InChI is InChI=1S/C21H28N4O3/c1-24-18(26)21(23-20(24)28)11-12-25(14-21)19(27)22-13-15-7-9-17(10-8-15)16-5-3-2-4-6-16/h7-10,16H,2-6,11-14H2,1H3,(H,22,27)(H,23,28). The van der Waals surface area contributed by atoms with Crippen LogP contribution >= 0.6 is 0 Å². The van der Waals surface area contributed by atoms with Gasteiger partial charge >= 0.3 is 12.1 Å². The number of hydrogen-bond acceptors (Lipinski definition) is 3. The van der Waals surface area contributed by atoms with Crippen LogP contribution in [0.1, 0.15) is 55.6 Å². The van der Waals surface area contributed by atoms with Crippen molar-refractivity contribution in [3.8, 4) is 0 Å². The van der Waals surface area contributed by atoms with Crippen molar-refractivity contribution in [2.75, 3.05) is 20.1 Å². The van der Waals surface area contributed by atoms with Gasteiger partial charge in [0.25, 0.3) is 5.91 Å². The van der Waals surface area contributed by atoms with Gasteiger partial charge in [-0.2, -0.15) is 0 Å². The zero-order chi connectivity index (χ0) is 19.7. The average molecular weight is 384 g/mol. The molecule has 1 aliphatic carbocycles. The lowest BCUT2D eigenvalue weighted by Gasteiger charge is -2.22. The minimum Gasteiger partial charge on any atom is -0.334 e. The largest absolute Gasteiger partial charge is 0.334 e. The molecule has 1 aromatic rings. The van der Waals surface area contributed by atoms with E-state index in [1.54, 1.807) is 4.90 Å². The Morgan fingerprint density at radius 3 is 2.54 bits per heavy atom. The zero-order valence-corrected chi connectivity index (χ0v) is 16.4. The topological polar surface area (TPSA) is 81.8 Å². The lowest BCUT2D eigenvalue weighted by atomic mass is 9.84. The highest BCUT2D eigenvalue weighted by molar-refractivity contribution is 6.07. The predicted octanol–water partition coefficient (Wildman–Crippen LogP) is 2.57. The Kier molecular flexibility index (Phi) is 5.00. The van der Waals surface area contributed by atoms with Gasteiger partial charge in [0, 0.05) is 20.1 Å². The summed E-state index contributed by atoms with van der Waals surface area (Å²) in [6.07, 6.45) is 6.99. The lowest BCUT2D eigenvalue weighted by Crippen LogP contribution is -2.50. The third kappa shape index (κ3) is 3.45. The average Bonchev–Trinajstić information content (AvgIpc) is 3.25. The van der Waals surface area contributed by atoms with Crippen LogP contribution in [0.4, 0.5) is 9.59 Å². The van der Waals surface area contributed by atoms with E-state index in [-0.39, 0.29) is 18.5 Å². The summed E-state index contributed by atoms with van der Waals surface area (Å²) in [5.41, 5.74) is 1.51. The van der Waals surface area contributed by atoms with E-state index in [1.807, 2.05) is 0 Å². The van der Waals surface area contributed by atoms with E-state index in [1.165, 1.54) is 44.7 Å². The maximum atomic E-state index is 12.5. The van der Waals surface area contributed by atoms with Crippen LogP contribution in [-0.4, -0.2) is 53.4 Å². The SMILES string of the molecule is CN1C(=O)NC2(CCN(C(=O)NCc3ccc(C4CCCCC4)cc3)C2)C1=O. The van der Waals surface area contributed by atoms with Gasteiger partial charge in [0.2, 0.25) is 0 Å². The number of carbonyl (C=O) groups excluding carboxylic acids is 3. The summed E-state index contributed by atoms with van der Waals surface area (Å²) in [5, 5.41) is 5.67. The molecule has 3 fully saturated rings. The summed E-state index contributed by atoms with van der Waals surface area (Å²) in [6.45, 7) is 1.12. The Balaban J connectivity index is 1.30. The van der Waals surface area contributed by atoms with Crippen molar-refractivity contribution in [1.29, 1.82) is 0 Å². The number of rotatable bonds is 3. The number of benzene rings is 1. The monoisotopic (exact) mass is 384 g/mol. The first-order valence-electron chi connectivity index (χ1n) is 10.2. The first-order valence-corrected chi connectivity index (χ1v) is 10.2. The molecule has 2 N–H and O–H groups in total. The Morgan fingerprint density at radius 2 is 1.89 bits per heavy atom. The molecule has 1 saturated carbocycles. The van der Waals surface area contributed by atoms with Crippen molar-refractivity contribution in [2.45, 2.75) is 56.5 Å². The fourth-order valence-corrected chi connectivity index (χ4v) is 4.65. The van der Waals surface area contributed by atoms with Gasteiger partial charge in [0.1, 0.15) is 5.54 Å². The molecule has 1 spiro atoms. The molecule has 7 heteroatoms. The fourth-order valence-electron chi connectivity index (χ4n) is 4.65. The maximum Gasteiger partial charge on any atom is 0.324 e. The zero-order valence-electron chi connectivity index (χ0n) is 16.4. The molecule has 4 rings (SSSR count). The molecule has 2 saturated heterocycles. The second-order valence-electron chi connectivity index (χ2n) is 8.28. The number of imide groups is 1. The van der Waals surface area contributed by atoms with Gasteiger partial charge in [-0.25, -0.2) is 9.59 Å². The van der Waals surface area contributed by atoms with E-state index in [0.717, 1.165) is 10.5 Å². The Hall–Kier alpha value is -2.57. The number of likely N-dealkylation sites (N-methyl/N-ethyl adjacent to an activating group) is 1. The molecule has 28 heavy (non-hydrogen) atoms. The maximum absolute atomic E-state index is 12.5. The van der Waals surface area contributed by atoms with Gasteiger partial charge in [-0.3, -0.25) is 9.69 Å². The normalized spacial score (nSPS) is 25.5. The molecule has 2 heterocycles. The highest BCUT2D eigenvalue weighted by atomic mass is 16.2. The number of urea groups is 2. The number of nitrogens with one attached hydrogen (secondary N) is 2. The summed E-state index contributed by atoms with van der Waals surface area (Å²) in [4.78, 5) is 39.3. The van der Waals surface area contributed by atoms with Crippen LogP contribution < -0.4 is 10.6 Å². The smallest absolute Gasteiger partial charge is 0.324 e. The van der Waals surface area contributed by atoms with Gasteiger partial charge in [-0.05, 0) is 36.3 Å². The molecule has 2 aliphatic heterocycles. The lowest BCUT2D eigenvalue weighted by molar-refractivity contribution is -0.129. The van der Waals surface area contributed by atoms with Crippen LogP contribution in [0.25, 0.3) is 0 Å². The quantitative estimate of drug-likeness (QED) is 0.786. The molecule has 1 atom stereocenters. The van der Waals surface area contributed by atoms with Gasteiger partial charge in [0.15, 0.2) is 0 Å². The van der Waals surface area contributed by atoms with Crippen LogP contribution in [-0.2, 0) is 11.3 Å². The number of nitrogens with zero attached hydrogens (tertiary/aromatic N) is 2. The van der Waals surface area contributed by atoms with Crippen molar-refractivity contribution in [3.63, 3.8) is 0 Å². The molecule has 7 nitrogen and oxygen atoms in total.